The van der Waals surface area contributed by atoms with E-state index in [9.17, 15) is 9.59 Å². The third-order valence-corrected chi connectivity index (χ3v) is 4.97. The predicted octanol–water partition coefficient (Wildman–Crippen LogP) is 4.45. The Morgan fingerprint density at radius 3 is 1.63 bits per heavy atom. The maximum atomic E-state index is 10.6. The summed E-state index contributed by atoms with van der Waals surface area (Å²) in [5.41, 5.74) is 4.22. The Balaban J connectivity index is 0.000000196. The molecule has 0 aliphatic rings. The SMILES string of the molecule is COc1cc(-c2ccc(C=O)cc2)nnc1C#N.COc1cc(-c2ccc(C=O)cc2)nnc1Cl. The fourth-order valence-electron chi connectivity index (χ4n) is 2.86. The number of methoxy groups -OCH3 is 2. The monoisotopic (exact) mass is 487 g/mol. The van der Waals surface area contributed by atoms with Crippen LogP contribution in [0.5, 0.6) is 11.5 Å². The summed E-state index contributed by atoms with van der Waals surface area (Å²) < 4.78 is 10.1. The Morgan fingerprint density at radius 1 is 0.743 bits per heavy atom. The predicted molar refractivity (Wildman–Crippen MR) is 129 cm³/mol. The smallest absolute Gasteiger partial charge is 0.204 e. The number of hydrogen-bond donors (Lipinski definition) is 0. The van der Waals surface area contributed by atoms with Gasteiger partial charge in [-0.05, 0) is 0 Å². The minimum absolute atomic E-state index is 0.144. The first-order valence-electron chi connectivity index (χ1n) is 10.0. The fourth-order valence-corrected chi connectivity index (χ4v) is 3.03. The van der Waals surface area contributed by atoms with Gasteiger partial charge in [-0.15, -0.1) is 20.4 Å². The van der Waals surface area contributed by atoms with Crippen LogP contribution in [0.25, 0.3) is 22.5 Å². The fraction of sp³-hybridized carbons (Fsp3) is 0.0800. The number of nitrogens with zero attached hydrogens (tertiary/aromatic N) is 5. The van der Waals surface area contributed by atoms with E-state index in [2.05, 4.69) is 20.4 Å². The molecule has 4 rings (SSSR count). The molecule has 0 aliphatic heterocycles. The van der Waals surface area contributed by atoms with Crippen LogP contribution in [0.1, 0.15) is 26.4 Å². The highest BCUT2D eigenvalue weighted by Gasteiger charge is 2.09. The maximum Gasteiger partial charge on any atom is 0.204 e. The van der Waals surface area contributed by atoms with Crippen molar-refractivity contribution in [1.82, 2.24) is 20.4 Å². The van der Waals surface area contributed by atoms with Crippen molar-refractivity contribution in [2.45, 2.75) is 0 Å². The van der Waals surface area contributed by atoms with Crippen molar-refractivity contribution in [3.63, 3.8) is 0 Å². The Kier molecular flexibility index (Phi) is 8.53. The highest BCUT2D eigenvalue weighted by atomic mass is 35.5. The van der Waals surface area contributed by atoms with Crippen molar-refractivity contribution in [1.29, 1.82) is 5.26 Å². The molecule has 0 unspecified atom stereocenters. The Bertz CT molecular complexity index is 1370. The second-order valence-electron chi connectivity index (χ2n) is 6.83. The summed E-state index contributed by atoms with van der Waals surface area (Å²) in [7, 11) is 2.99. The molecule has 0 spiro atoms. The summed E-state index contributed by atoms with van der Waals surface area (Å²) in [5, 5.41) is 24.5. The van der Waals surface area contributed by atoms with E-state index in [1.165, 1.54) is 14.2 Å². The molecule has 0 fully saturated rings. The number of carbonyl (C=O) groups excluding carboxylic acids is 2. The molecule has 0 bridgehead atoms. The van der Waals surface area contributed by atoms with Gasteiger partial charge in [-0.1, -0.05) is 60.1 Å². The topological polar surface area (TPSA) is 128 Å². The van der Waals surface area contributed by atoms with E-state index in [1.807, 2.05) is 6.07 Å². The number of hydrogen-bond acceptors (Lipinski definition) is 9. The summed E-state index contributed by atoms with van der Waals surface area (Å²) >= 11 is 5.79. The van der Waals surface area contributed by atoms with Gasteiger partial charge in [0, 0.05) is 34.4 Å². The molecule has 2 aromatic heterocycles. The molecule has 0 saturated heterocycles. The molecule has 35 heavy (non-hydrogen) atoms. The van der Waals surface area contributed by atoms with Gasteiger partial charge < -0.3 is 9.47 Å². The van der Waals surface area contributed by atoms with E-state index in [0.717, 1.165) is 23.7 Å². The van der Waals surface area contributed by atoms with E-state index in [4.69, 9.17) is 26.3 Å². The molecule has 174 valence electrons. The number of halogens is 1. The lowest BCUT2D eigenvalue weighted by Crippen LogP contribution is -1.96. The van der Waals surface area contributed by atoms with Crippen LogP contribution in [0.2, 0.25) is 5.15 Å². The van der Waals surface area contributed by atoms with Crippen molar-refractivity contribution in [3.05, 3.63) is 82.6 Å². The lowest BCUT2D eigenvalue weighted by atomic mass is 10.1. The number of carbonyl (C=O) groups is 2. The molecule has 0 saturated carbocycles. The molecule has 0 N–H and O–H groups in total. The molecule has 9 nitrogen and oxygen atoms in total. The lowest BCUT2D eigenvalue weighted by molar-refractivity contribution is 0.111. The third kappa shape index (κ3) is 6.22. The standard InChI is InChI=1S/C13H9N3O2.C12H9ClN2O2/c1-18-13-6-11(15-16-12(13)7-14)10-4-2-9(8-17)3-5-10;1-17-11-6-10(14-15-12(11)13)9-4-2-8(7-16)3-5-9/h2-6,8H,1H3;2-7H,1H3. The highest BCUT2D eigenvalue weighted by Crippen LogP contribution is 2.26. The van der Waals surface area contributed by atoms with Gasteiger partial charge in [0.25, 0.3) is 0 Å². The first-order valence-corrected chi connectivity index (χ1v) is 10.4. The highest BCUT2D eigenvalue weighted by molar-refractivity contribution is 6.30. The zero-order chi connectivity index (χ0) is 25.2. The number of nitriles is 1. The van der Waals surface area contributed by atoms with Crippen LogP contribution in [0, 0.1) is 11.3 Å². The summed E-state index contributed by atoms with van der Waals surface area (Å²) in [4.78, 5) is 21.1. The van der Waals surface area contributed by atoms with Gasteiger partial charge >= 0.3 is 0 Å². The first kappa shape index (κ1) is 25.0. The lowest BCUT2D eigenvalue weighted by Gasteiger charge is -2.04. The molecule has 0 aliphatic carbocycles. The zero-order valence-electron chi connectivity index (χ0n) is 18.7. The van der Waals surface area contributed by atoms with Gasteiger partial charge in [0.15, 0.2) is 16.7 Å². The van der Waals surface area contributed by atoms with E-state index < -0.39 is 0 Å². The number of aldehydes is 2. The van der Waals surface area contributed by atoms with Crippen molar-refractivity contribution < 1.29 is 19.1 Å². The van der Waals surface area contributed by atoms with Gasteiger partial charge in [-0.25, -0.2) is 0 Å². The van der Waals surface area contributed by atoms with E-state index >= 15 is 0 Å². The Hall–Kier alpha value is -4.68. The van der Waals surface area contributed by atoms with Crippen molar-refractivity contribution in [2.24, 2.45) is 0 Å². The van der Waals surface area contributed by atoms with E-state index in [-0.39, 0.29) is 10.8 Å². The first-order chi connectivity index (χ1) is 17.0. The average molecular weight is 488 g/mol. The molecule has 2 heterocycles. The van der Waals surface area contributed by atoms with Gasteiger partial charge in [0.2, 0.25) is 5.69 Å². The molecular formula is C25H18ClN5O4. The van der Waals surface area contributed by atoms with Gasteiger partial charge in [0.1, 0.15) is 18.6 Å². The number of ether oxygens (including phenoxy) is 2. The van der Waals surface area contributed by atoms with E-state index in [0.29, 0.717) is 34.0 Å². The zero-order valence-corrected chi connectivity index (χ0v) is 19.4. The minimum atomic E-state index is 0.144. The summed E-state index contributed by atoms with van der Waals surface area (Å²) in [6.07, 6.45) is 1.56. The van der Waals surface area contributed by atoms with Crippen LogP contribution < -0.4 is 9.47 Å². The third-order valence-electron chi connectivity index (χ3n) is 4.71. The van der Waals surface area contributed by atoms with Gasteiger partial charge in [-0.2, -0.15) is 5.26 Å². The molecule has 4 aromatic rings. The van der Waals surface area contributed by atoms with E-state index in [1.54, 1.807) is 60.7 Å². The number of rotatable bonds is 6. The molecule has 10 heteroatoms. The van der Waals surface area contributed by atoms with Crippen molar-refractivity contribution in [3.8, 4) is 40.1 Å². The largest absolute Gasteiger partial charge is 0.494 e. The van der Waals surface area contributed by atoms with Crippen LogP contribution in [-0.4, -0.2) is 47.2 Å². The van der Waals surface area contributed by atoms with Crippen molar-refractivity contribution in [2.75, 3.05) is 14.2 Å². The summed E-state index contributed by atoms with van der Waals surface area (Å²) in [6, 6.07) is 19.2. The second-order valence-corrected chi connectivity index (χ2v) is 7.18. The second kappa shape index (κ2) is 12.0. The minimum Gasteiger partial charge on any atom is -0.494 e. The van der Waals surface area contributed by atoms with Gasteiger partial charge in [0.05, 0.1) is 25.6 Å². The Morgan fingerprint density at radius 2 is 1.20 bits per heavy atom. The molecular weight excluding hydrogens is 470 g/mol. The summed E-state index contributed by atoms with van der Waals surface area (Å²) in [6.45, 7) is 0. The number of benzene rings is 2. The quantitative estimate of drug-likeness (QED) is 0.362. The molecule has 0 atom stereocenters. The number of aromatic nitrogens is 4. The molecule has 0 radical (unpaired) electrons. The van der Waals surface area contributed by atoms with Crippen LogP contribution >= 0.6 is 11.6 Å². The van der Waals surface area contributed by atoms with Gasteiger partial charge in [-0.3, -0.25) is 9.59 Å². The van der Waals surface area contributed by atoms with Crippen LogP contribution in [0.4, 0.5) is 0 Å². The molecule has 0 amide bonds. The average Bonchev–Trinajstić information content (AvgIpc) is 2.93. The summed E-state index contributed by atoms with van der Waals surface area (Å²) in [5.74, 6) is 0.845. The normalized spacial score (nSPS) is 9.77. The maximum absolute atomic E-state index is 10.6. The van der Waals surface area contributed by atoms with Crippen LogP contribution in [0.3, 0.4) is 0 Å². The van der Waals surface area contributed by atoms with Crippen molar-refractivity contribution >= 4 is 24.2 Å². The molecule has 2 aromatic carbocycles. The van der Waals surface area contributed by atoms with Crippen LogP contribution in [0.15, 0.2) is 60.7 Å². The van der Waals surface area contributed by atoms with Crippen LogP contribution in [-0.2, 0) is 0 Å². The Labute approximate surface area is 205 Å².